The molecule has 4 heteroatoms. The number of hydrogen-bond donors (Lipinski definition) is 1. The molecule has 31 heavy (non-hydrogen) atoms. The summed E-state index contributed by atoms with van der Waals surface area (Å²) >= 11 is 0. The van der Waals surface area contributed by atoms with Crippen molar-refractivity contribution in [3.8, 4) is 0 Å². The lowest BCUT2D eigenvalue weighted by Gasteiger charge is -2.19. The average Bonchev–Trinajstić information content (AvgIpc) is 3.03. The van der Waals surface area contributed by atoms with E-state index in [-0.39, 0.29) is 6.04 Å². The van der Waals surface area contributed by atoms with Gasteiger partial charge in [-0.1, -0.05) is 60.2 Å². The van der Waals surface area contributed by atoms with Crippen LogP contribution in [0.25, 0.3) is 11.0 Å². The lowest BCUT2D eigenvalue weighted by Crippen LogP contribution is -2.31. The summed E-state index contributed by atoms with van der Waals surface area (Å²) < 4.78 is 9.85. The lowest BCUT2D eigenvalue weighted by atomic mass is 10.0. The van der Waals surface area contributed by atoms with E-state index >= 15 is 0 Å². The normalized spacial score (nSPS) is 12.4. The molecule has 4 rings (SSSR count). The van der Waals surface area contributed by atoms with Gasteiger partial charge in [0.25, 0.3) is 0 Å². The summed E-state index contributed by atoms with van der Waals surface area (Å²) in [5.41, 5.74) is 8.96. The molecule has 0 bridgehead atoms. The van der Waals surface area contributed by atoms with Crippen LogP contribution in [-0.2, 0) is 17.7 Å². The molecule has 1 heterocycles. The Labute approximate surface area is 184 Å². The Balaban J connectivity index is 1.79. The van der Waals surface area contributed by atoms with Crippen molar-refractivity contribution in [1.82, 2.24) is 9.13 Å². The molecular weight excluding hydrogens is 382 g/mol. The number of aromatic nitrogens is 2. The van der Waals surface area contributed by atoms with Crippen molar-refractivity contribution in [2.24, 2.45) is 0 Å². The number of ether oxygens (including phenoxy) is 1. The number of nitrogens with one attached hydrogen (secondary N) is 1. The first-order valence-corrected chi connectivity index (χ1v) is 10.8. The van der Waals surface area contributed by atoms with Crippen molar-refractivity contribution in [3.63, 3.8) is 0 Å². The van der Waals surface area contributed by atoms with Crippen LogP contribution in [-0.4, -0.2) is 22.9 Å². The van der Waals surface area contributed by atoms with Crippen LogP contribution in [0.2, 0.25) is 0 Å². The predicted molar refractivity (Wildman–Crippen MR) is 127 cm³/mol. The largest absolute Gasteiger partial charge is 0.383 e. The summed E-state index contributed by atoms with van der Waals surface area (Å²) in [5.74, 6) is 0. The summed E-state index contributed by atoms with van der Waals surface area (Å²) in [6, 6.07) is 23.6. The number of imidazole rings is 1. The maximum Gasteiger partial charge on any atom is 0.203 e. The van der Waals surface area contributed by atoms with E-state index in [1.165, 1.54) is 27.8 Å². The molecule has 0 spiro atoms. The molecular formula is C27H31N3O. The second-order valence-corrected chi connectivity index (χ2v) is 8.49. The van der Waals surface area contributed by atoms with Crippen molar-refractivity contribution in [3.05, 3.63) is 100 Å². The Morgan fingerprint density at radius 1 is 0.839 bits per heavy atom. The molecule has 0 saturated carbocycles. The second kappa shape index (κ2) is 8.94. The second-order valence-electron chi connectivity index (χ2n) is 8.49. The van der Waals surface area contributed by atoms with Crippen molar-refractivity contribution in [2.75, 3.05) is 13.7 Å². The van der Waals surface area contributed by atoms with Gasteiger partial charge < -0.3 is 13.9 Å². The molecule has 1 aromatic heterocycles. The maximum absolute atomic E-state index is 9.10. The van der Waals surface area contributed by atoms with Crippen molar-refractivity contribution in [1.29, 1.82) is 5.41 Å². The summed E-state index contributed by atoms with van der Waals surface area (Å²) in [5, 5.41) is 9.10. The summed E-state index contributed by atoms with van der Waals surface area (Å²) in [6.45, 7) is 7.62. The van der Waals surface area contributed by atoms with Gasteiger partial charge in [0, 0.05) is 7.11 Å². The van der Waals surface area contributed by atoms with Crippen LogP contribution in [0.15, 0.2) is 66.7 Å². The minimum absolute atomic E-state index is 0.0473. The number of aryl methyl sites for hydroxylation is 3. The SMILES string of the molecule is COC[C@H](Cc1ccc(C)cc1)n1c(=N)n(Cc2ccc(C)c(C)c2)c2ccccc21. The zero-order chi connectivity index (χ0) is 22.0. The van der Waals surface area contributed by atoms with E-state index in [1.54, 1.807) is 7.11 Å². The van der Waals surface area contributed by atoms with E-state index in [1.807, 2.05) is 12.1 Å². The first-order valence-electron chi connectivity index (χ1n) is 10.8. The fourth-order valence-electron chi connectivity index (χ4n) is 4.28. The van der Waals surface area contributed by atoms with Gasteiger partial charge in [-0.05, 0) is 61.6 Å². The van der Waals surface area contributed by atoms with Crippen LogP contribution in [0.1, 0.15) is 33.9 Å². The van der Waals surface area contributed by atoms with Crippen LogP contribution >= 0.6 is 0 Å². The third kappa shape index (κ3) is 4.35. The first kappa shape index (κ1) is 21.1. The Kier molecular flexibility index (Phi) is 6.10. The van der Waals surface area contributed by atoms with E-state index in [2.05, 4.69) is 84.5 Å². The summed E-state index contributed by atoms with van der Waals surface area (Å²) in [4.78, 5) is 0. The zero-order valence-electron chi connectivity index (χ0n) is 18.9. The molecule has 0 unspecified atom stereocenters. The van der Waals surface area contributed by atoms with E-state index in [4.69, 9.17) is 10.1 Å². The summed E-state index contributed by atoms with van der Waals surface area (Å²) in [7, 11) is 1.74. The fourth-order valence-corrected chi connectivity index (χ4v) is 4.28. The molecule has 0 radical (unpaired) electrons. The Hall–Kier alpha value is -3.11. The molecule has 0 aliphatic rings. The molecule has 0 aliphatic heterocycles. The number of nitrogens with zero attached hydrogens (tertiary/aromatic N) is 2. The monoisotopic (exact) mass is 413 g/mol. The highest BCUT2D eigenvalue weighted by Gasteiger charge is 2.19. The van der Waals surface area contributed by atoms with E-state index in [0.717, 1.165) is 17.5 Å². The van der Waals surface area contributed by atoms with E-state index in [9.17, 15) is 0 Å². The van der Waals surface area contributed by atoms with Gasteiger partial charge >= 0.3 is 0 Å². The van der Waals surface area contributed by atoms with Crippen LogP contribution in [0.3, 0.4) is 0 Å². The highest BCUT2D eigenvalue weighted by atomic mass is 16.5. The van der Waals surface area contributed by atoms with Crippen LogP contribution < -0.4 is 5.62 Å². The van der Waals surface area contributed by atoms with Gasteiger partial charge in [-0.2, -0.15) is 0 Å². The Bertz CT molecular complexity index is 1250. The standard InChI is InChI=1S/C27H31N3O/c1-19-9-12-22(13-10-19)16-24(18-31-4)30-26-8-6-5-7-25(26)29(27(30)28)17-23-14-11-20(2)21(3)15-23/h5-15,24,28H,16-18H2,1-4H3/t24-/m0/s1. The summed E-state index contributed by atoms with van der Waals surface area (Å²) in [6.07, 6.45) is 0.822. The molecule has 0 fully saturated rings. The minimum Gasteiger partial charge on any atom is -0.383 e. The highest BCUT2D eigenvalue weighted by molar-refractivity contribution is 5.76. The molecule has 4 aromatic rings. The Morgan fingerprint density at radius 3 is 2.19 bits per heavy atom. The molecule has 0 aliphatic carbocycles. The Morgan fingerprint density at radius 2 is 1.52 bits per heavy atom. The predicted octanol–water partition coefficient (Wildman–Crippen LogP) is 5.33. The molecule has 0 saturated heterocycles. The third-order valence-electron chi connectivity index (χ3n) is 6.14. The van der Waals surface area contributed by atoms with Crippen molar-refractivity contribution in [2.45, 2.75) is 39.8 Å². The number of para-hydroxylation sites is 2. The quantitative estimate of drug-likeness (QED) is 0.437. The minimum atomic E-state index is 0.0473. The number of benzene rings is 3. The number of methoxy groups -OCH3 is 1. The van der Waals surface area contributed by atoms with Gasteiger partial charge in [0.15, 0.2) is 0 Å². The smallest absolute Gasteiger partial charge is 0.203 e. The maximum atomic E-state index is 9.10. The molecule has 0 amide bonds. The number of hydrogen-bond acceptors (Lipinski definition) is 2. The van der Waals surface area contributed by atoms with Crippen LogP contribution in [0, 0.1) is 26.2 Å². The van der Waals surface area contributed by atoms with Crippen LogP contribution in [0.4, 0.5) is 0 Å². The zero-order valence-corrected chi connectivity index (χ0v) is 18.9. The van der Waals surface area contributed by atoms with Gasteiger partial charge in [-0.25, -0.2) is 0 Å². The third-order valence-corrected chi connectivity index (χ3v) is 6.14. The van der Waals surface area contributed by atoms with Gasteiger partial charge in [0.2, 0.25) is 5.62 Å². The molecule has 3 aromatic carbocycles. The average molecular weight is 414 g/mol. The molecule has 160 valence electrons. The number of fused-ring (bicyclic) bond motifs is 1. The highest BCUT2D eigenvalue weighted by Crippen LogP contribution is 2.22. The molecule has 1 atom stereocenters. The topological polar surface area (TPSA) is 42.9 Å². The van der Waals surface area contributed by atoms with Crippen molar-refractivity contribution >= 4 is 11.0 Å². The molecule has 4 nitrogen and oxygen atoms in total. The van der Waals surface area contributed by atoms with Gasteiger partial charge in [-0.3, -0.25) is 5.41 Å². The van der Waals surface area contributed by atoms with Gasteiger partial charge in [0.05, 0.1) is 30.2 Å². The number of rotatable bonds is 7. The van der Waals surface area contributed by atoms with Gasteiger partial charge in [0.1, 0.15) is 0 Å². The van der Waals surface area contributed by atoms with E-state index in [0.29, 0.717) is 18.8 Å². The van der Waals surface area contributed by atoms with Crippen LogP contribution in [0.5, 0.6) is 0 Å². The van der Waals surface area contributed by atoms with Gasteiger partial charge in [-0.15, -0.1) is 0 Å². The van der Waals surface area contributed by atoms with Crippen molar-refractivity contribution < 1.29 is 4.74 Å². The lowest BCUT2D eigenvalue weighted by molar-refractivity contribution is 0.154. The van der Waals surface area contributed by atoms with E-state index < -0.39 is 0 Å². The first-order chi connectivity index (χ1) is 15.0. The molecule has 1 N–H and O–H groups in total. The fraction of sp³-hybridized carbons (Fsp3) is 0.296.